The second-order valence-corrected chi connectivity index (χ2v) is 6.35. The Kier molecular flexibility index (Phi) is 7.15. The Labute approximate surface area is 128 Å². The number of hydrogen-bond donors (Lipinski definition) is 2. The van der Waals surface area contributed by atoms with E-state index in [9.17, 15) is 0 Å². The normalized spacial score (nSPS) is 11.7. The molecule has 0 unspecified atom stereocenters. The van der Waals surface area contributed by atoms with Crippen molar-refractivity contribution in [3.05, 3.63) is 28.8 Å². The fraction of sp³-hybridized carbons (Fsp3) is 0.647. The summed E-state index contributed by atoms with van der Waals surface area (Å²) >= 11 is 0. The minimum absolute atomic E-state index is 0.0491. The van der Waals surface area contributed by atoms with E-state index in [-0.39, 0.29) is 12.1 Å². The first kappa shape index (κ1) is 18.0. The summed E-state index contributed by atoms with van der Waals surface area (Å²) in [6.07, 6.45) is 0. The molecular weight excluding hydrogens is 266 g/mol. The first-order valence-electron chi connectivity index (χ1n) is 7.50. The molecule has 1 aromatic carbocycles. The molecule has 0 saturated carbocycles. The molecule has 0 saturated heterocycles. The van der Waals surface area contributed by atoms with Crippen LogP contribution in [0.2, 0.25) is 0 Å². The highest BCUT2D eigenvalue weighted by atomic mass is 16.5. The molecule has 0 fully saturated rings. The van der Waals surface area contributed by atoms with Crippen LogP contribution in [0.3, 0.4) is 0 Å². The SMILES string of the molecule is Cc1cc(CNC(C)(C)C)cc(C)c1OCCOCCO. The van der Waals surface area contributed by atoms with Gasteiger partial charge < -0.3 is 19.9 Å². The highest BCUT2D eigenvalue weighted by molar-refractivity contribution is 5.43. The van der Waals surface area contributed by atoms with E-state index in [0.717, 1.165) is 23.4 Å². The average Bonchev–Trinajstić information content (AvgIpc) is 2.38. The summed E-state index contributed by atoms with van der Waals surface area (Å²) in [5, 5.41) is 12.1. The summed E-state index contributed by atoms with van der Waals surface area (Å²) in [6.45, 7) is 12.9. The lowest BCUT2D eigenvalue weighted by Gasteiger charge is -2.21. The Hall–Kier alpha value is -1.10. The second kappa shape index (κ2) is 8.37. The third kappa shape index (κ3) is 6.93. The molecule has 0 aliphatic heterocycles. The molecule has 0 aliphatic rings. The molecule has 1 aromatic rings. The van der Waals surface area contributed by atoms with Crippen molar-refractivity contribution < 1.29 is 14.6 Å². The van der Waals surface area contributed by atoms with Crippen molar-refractivity contribution in [2.45, 2.75) is 46.7 Å². The average molecular weight is 295 g/mol. The van der Waals surface area contributed by atoms with E-state index < -0.39 is 0 Å². The summed E-state index contributed by atoms with van der Waals surface area (Å²) in [4.78, 5) is 0. The maximum atomic E-state index is 8.64. The lowest BCUT2D eigenvalue weighted by molar-refractivity contribution is 0.0702. The zero-order chi connectivity index (χ0) is 15.9. The van der Waals surface area contributed by atoms with Crippen LogP contribution in [0, 0.1) is 13.8 Å². The predicted molar refractivity (Wildman–Crippen MR) is 85.9 cm³/mol. The topological polar surface area (TPSA) is 50.7 Å². The number of benzene rings is 1. The zero-order valence-electron chi connectivity index (χ0n) is 14.0. The number of aryl methyl sites for hydroxylation is 2. The number of hydrogen-bond acceptors (Lipinski definition) is 4. The van der Waals surface area contributed by atoms with E-state index in [2.05, 4.69) is 52.1 Å². The maximum absolute atomic E-state index is 8.64. The van der Waals surface area contributed by atoms with Gasteiger partial charge in [-0.25, -0.2) is 0 Å². The van der Waals surface area contributed by atoms with Crippen LogP contribution in [0.5, 0.6) is 5.75 Å². The molecule has 2 N–H and O–H groups in total. The number of ether oxygens (including phenoxy) is 2. The summed E-state index contributed by atoms with van der Waals surface area (Å²) in [5.74, 6) is 0.933. The lowest BCUT2D eigenvalue weighted by atomic mass is 10.0. The molecule has 0 amide bonds. The van der Waals surface area contributed by atoms with Gasteiger partial charge in [-0.15, -0.1) is 0 Å². The van der Waals surface area contributed by atoms with Crippen molar-refractivity contribution in [1.82, 2.24) is 5.32 Å². The van der Waals surface area contributed by atoms with Crippen molar-refractivity contribution in [1.29, 1.82) is 0 Å². The van der Waals surface area contributed by atoms with Crippen molar-refractivity contribution in [2.75, 3.05) is 26.4 Å². The third-order valence-corrected chi connectivity index (χ3v) is 3.05. The van der Waals surface area contributed by atoms with Crippen LogP contribution in [0.15, 0.2) is 12.1 Å². The van der Waals surface area contributed by atoms with Crippen LogP contribution < -0.4 is 10.1 Å². The fourth-order valence-electron chi connectivity index (χ4n) is 2.11. The highest BCUT2D eigenvalue weighted by Crippen LogP contribution is 2.25. The molecule has 1 rings (SSSR count). The van der Waals surface area contributed by atoms with Gasteiger partial charge in [0.2, 0.25) is 0 Å². The van der Waals surface area contributed by atoms with Crippen LogP contribution in [0.25, 0.3) is 0 Å². The molecule has 0 aliphatic carbocycles. The second-order valence-electron chi connectivity index (χ2n) is 6.35. The fourth-order valence-corrected chi connectivity index (χ4v) is 2.11. The van der Waals surface area contributed by atoms with Crippen molar-refractivity contribution in [3.8, 4) is 5.75 Å². The number of aliphatic hydroxyl groups is 1. The molecule has 0 aromatic heterocycles. The van der Waals surface area contributed by atoms with Crippen LogP contribution >= 0.6 is 0 Å². The summed E-state index contributed by atoms with van der Waals surface area (Å²) < 4.78 is 11.0. The molecular formula is C17H29NO3. The Morgan fingerprint density at radius 1 is 1.05 bits per heavy atom. The van der Waals surface area contributed by atoms with Crippen LogP contribution in [-0.2, 0) is 11.3 Å². The smallest absolute Gasteiger partial charge is 0.125 e. The standard InChI is InChI=1S/C17H29NO3/c1-13-10-15(12-18-17(3,4)5)11-14(2)16(13)21-9-8-20-7-6-19/h10-11,18-19H,6-9,12H2,1-5H3. The van der Waals surface area contributed by atoms with Crippen LogP contribution in [0.1, 0.15) is 37.5 Å². The minimum Gasteiger partial charge on any atom is -0.491 e. The van der Waals surface area contributed by atoms with Gasteiger partial charge in [0, 0.05) is 12.1 Å². The van der Waals surface area contributed by atoms with E-state index in [4.69, 9.17) is 14.6 Å². The number of rotatable bonds is 8. The Balaban J connectivity index is 2.58. The van der Waals surface area contributed by atoms with Gasteiger partial charge in [-0.3, -0.25) is 0 Å². The van der Waals surface area contributed by atoms with Crippen molar-refractivity contribution >= 4 is 0 Å². The molecule has 0 spiro atoms. The van der Waals surface area contributed by atoms with Gasteiger partial charge in [-0.05, 0) is 51.3 Å². The highest BCUT2D eigenvalue weighted by Gasteiger charge is 2.11. The van der Waals surface area contributed by atoms with Crippen LogP contribution in [-0.4, -0.2) is 37.1 Å². The largest absolute Gasteiger partial charge is 0.491 e. The number of nitrogens with one attached hydrogen (secondary N) is 1. The first-order chi connectivity index (χ1) is 9.83. The van der Waals surface area contributed by atoms with Crippen molar-refractivity contribution in [2.24, 2.45) is 0 Å². The Bertz CT molecular complexity index is 415. The molecule has 4 heteroatoms. The summed E-state index contributed by atoms with van der Waals surface area (Å²) in [5.41, 5.74) is 3.66. The van der Waals surface area contributed by atoms with Gasteiger partial charge in [0.1, 0.15) is 12.4 Å². The van der Waals surface area contributed by atoms with Gasteiger partial charge in [0.15, 0.2) is 0 Å². The molecule has 0 atom stereocenters. The predicted octanol–water partition coefficient (Wildman–Crippen LogP) is 2.58. The maximum Gasteiger partial charge on any atom is 0.125 e. The van der Waals surface area contributed by atoms with Gasteiger partial charge in [0.25, 0.3) is 0 Å². The quantitative estimate of drug-likeness (QED) is 0.724. The molecule has 0 bridgehead atoms. The third-order valence-electron chi connectivity index (χ3n) is 3.05. The molecule has 120 valence electrons. The Morgan fingerprint density at radius 2 is 1.67 bits per heavy atom. The van der Waals surface area contributed by atoms with E-state index in [1.165, 1.54) is 5.56 Å². The zero-order valence-corrected chi connectivity index (χ0v) is 14.0. The van der Waals surface area contributed by atoms with Crippen molar-refractivity contribution in [3.63, 3.8) is 0 Å². The molecule has 0 radical (unpaired) electrons. The summed E-state index contributed by atoms with van der Waals surface area (Å²) in [6, 6.07) is 4.32. The van der Waals surface area contributed by atoms with E-state index in [1.54, 1.807) is 0 Å². The van der Waals surface area contributed by atoms with Gasteiger partial charge >= 0.3 is 0 Å². The van der Waals surface area contributed by atoms with E-state index >= 15 is 0 Å². The Morgan fingerprint density at radius 3 is 2.19 bits per heavy atom. The lowest BCUT2D eigenvalue weighted by Crippen LogP contribution is -2.35. The monoisotopic (exact) mass is 295 g/mol. The van der Waals surface area contributed by atoms with E-state index in [1.807, 2.05) is 0 Å². The van der Waals surface area contributed by atoms with Gasteiger partial charge in [0.05, 0.1) is 19.8 Å². The van der Waals surface area contributed by atoms with Gasteiger partial charge in [-0.2, -0.15) is 0 Å². The number of aliphatic hydroxyl groups excluding tert-OH is 1. The van der Waals surface area contributed by atoms with Gasteiger partial charge in [-0.1, -0.05) is 12.1 Å². The molecule has 21 heavy (non-hydrogen) atoms. The first-order valence-corrected chi connectivity index (χ1v) is 7.50. The summed E-state index contributed by atoms with van der Waals surface area (Å²) in [7, 11) is 0. The van der Waals surface area contributed by atoms with Crippen LogP contribution in [0.4, 0.5) is 0 Å². The minimum atomic E-state index is 0.0491. The molecule has 0 heterocycles. The van der Waals surface area contributed by atoms with E-state index in [0.29, 0.717) is 19.8 Å². The molecule has 4 nitrogen and oxygen atoms in total.